The Morgan fingerprint density at radius 1 is 1.06 bits per heavy atom. The Hall–Kier alpha value is -3.40. The number of nitrogens with zero attached hydrogens (tertiary/aromatic N) is 2. The molecule has 10 heteroatoms. The molecule has 0 saturated heterocycles. The van der Waals surface area contributed by atoms with E-state index in [0.717, 1.165) is 4.31 Å². The number of methoxy groups -OCH3 is 2. The lowest BCUT2D eigenvalue weighted by Crippen LogP contribution is -2.31. The van der Waals surface area contributed by atoms with Crippen molar-refractivity contribution in [2.24, 2.45) is 4.40 Å². The van der Waals surface area contributed by atoms with Crippen LogP contribution in [-0.4, -0.2) is 38.6 Å². The lowest BCUT2D eigenvalue weighted by molar-refractivity contribution is -0.139. The first kappa shape index (κ1) is 22.3. The maximum absolute atomic E-state index is 13.8. The summed E-state index contributed by atoms with van der Waals surface area (Å²) in [6.45, 7) is 1.18. The van der Waals surface area contributed by atoms with Crippen molar-refractivity contribution < 1.29 is 31.8 Å². The van der Waals surface area contributed by atoms with Gasteiger partial charge >= 0.3 is 16.2 Å². The summed E-state index contributed by atoms with van der Waals surface area (Å²) in [5, 5.41) is 0. The molecule has 1 aliphatic rings. The SMILES string of the molecule is COc1ccc(CN2C=C(C(=O)OCc3ccc(OC)c(F)c3)C(C)=NS2(=O)=O)cc1. The molecule has 3 rings (SSSR count). The van der Waals surface area contributed by atoms with E-state index in [0.29, 0.717) is 16.9 Å². The average Bonchev–Trinajstić information content (AvgIpc) is 2.74. The van der Waals surface area contributed by atoms with Crippen molar-refractivity contribution in [3.05, 3.63) is 71.2 Å². The van der Waals surface area contributed by atoms with Gasteiger partial charge in [0.15, 0.2) is 11.6 Å². The van der Waals surface area contributed by atoms with Crippen LogP contribution in [0.15, 0.2) is 58.6 Å². The van der Waals surface area contributed by atoms with Crippen LogP contribution in [-0.2, 0) is 32.9 Å². The van der Waals surface area contributed by atoms with Crippen molar-refractivity contribution in [2.45, 2.75) is 20.1 Å². The van der Waals surface area contributed by atoms with E-state index in [4.69, 9.17) is 14.2 Å². The fraction of sp³-hybridized carbons (Fsp3) is 0.238. The van der Waals surface area contributed by atoms with Gasteiger partial charge in [-0.05, 0) is 42.3 Å². The highest BCUT2D eigenvalue weighted by Crippen LogP contribution is 2.22. The molecule has 164 valence electrons. The third kappa shape index (κ3) is 5.21. The van der Waals surface area contributed by atoms with Crippen LogP contribution in [0.25, 0.3) is 0 Å². The van der Waals surface area contributed by atoms with Crippen LogP contribution in [0.2, 0.25) is 0 Å². The summed E-state index contributed by atoms with van der Waals surface area (Å²) in [5.74, 6) is -0.643. The lowest BCUT2D eigenvalue weighted by Gasteiger charge is -2.23. The minimum Gasteiger partial charge on any atom is -0.497 e. The highest BCUT2D eigenvalue weighted by atomic mass is 32.2. The van der Waals surface area contributed by atoms with E-state index in [-0.39, 0.29) is 30.2 Å². The molecule has 0 aliphatic carbocycles. The first-order valence-electron chi connectivity index (χ1n) is 9.16. The molecule has 0 N–H and O–H groups in total. The zero-order valence-corrected chi connectivity index (χ0v) is 18.0. The van der Waals surface area contributed by atoms with E-state index in [1.165, 1.54) is 39.5 Å². The predicted octanol–water partition coefficient (Wildman–Crippen LogP) is 2.99. The Kier molecular flexibility index (Phi) is 6.59. The second-order valence-corrected chi connectivity index (χ2v) is 8.18. The van der Waals surface area contributed by atoms with Gasteiger partial charge in [-0.1, -0.05) is 18.2 Å². The highest BCUT2D eigenvalue weighted by Gasteiger charge is 2.29. The van der Waals surface area contributed by atoms with Crippen molar-refractivity contribution >= 4 is 21.9 Å². The van der Waals surface area contributed by atoms with E-state index in [1.807, 2.05) is 0 Å². The Morgan fingerprint density at radius 3 is 2.35 bits per heavy atom. The van der Waals surface area contributed by atoms with Gasteiger partial charge in [0.05, 0.1) is 32.0 Å². The second kappa shape index (κ2) is 9.17. The van der Waals surface area contributed by atoms with Crippen LogP contribution in [0.1, 0.15) is 18.1 Å². The number of halogens is 1. The van der Waals surface area contributed by atoms with Crippen molar-refractivity contribution in [3.8, 4) is 11.5 Å². The summed E-state index contributed by atoms with van der Waals surface area (Å²) in [5.41, 5.74) is 1.10. The summed E-state index contributed by atoms with van der Waals surface area (Å²) in [7, 11) is -1.11. The Morgan fingerprint density at radius 2 is 1.74 bits per heavy atom. The molecule has 0 aromatic heterocycles. The summed E-state index contributed by atoms with van der Waals surface area (Å²) < 4.78 is 58.5. The zero-order valence-electron chi connectivity index (χ0n) is 17.2. The molecule has 2 aromatic rings. The van der Waals surface area contributed by atoms with Gasteiger partial charge in [0.2, 0.25) is 0 Å². The number of hydrogen-bond donors (Lipinski definition) is 0. The summed E-state index contributed by atoms with van der Waals surface area (Å²) in [4.78, 5) is 12.6. The Labute approximate surface area is 179 Å². The Bertz CT molecular complexity index is 1140. The molecule has 0 amide bonds. The van der Waals surface area contributed by atoms with Gasteiger partial charge in [0, 0.05) is 6.20 Å². The quantitative estimate of drug-likeness (QED) is 0.605. The molecular formula is C21H21FN2O6S. The monoisotopic (exact) mass is 448 g/mol. The minimum absolute atomic E-state index is 0.00248. The van der Waals surface area contributed by atoms with Gasteiger partial charge in [-0.25, -0.2) is 9.18 Å². The number of ether oxygens (including phenoxy) is 3. The first-order valence-corrected chi connectivity index (χ1v) is 10.6. The van der Waals surface area contributed by atoms with Crippen LogP contribution >= 0.6 is 0 Å². The highest BCUT2D eigenvalue weighted by molar-refractivity contribution is 7.88. The molecule has 1 heterocycles. The third-order valence-corrected chi connectivity index (χ3v) is 5.85. The van der Waals surface area contributed by atoms with E-state index in [1.54, 1.807) is 30.3 Å². The number of hydrogen-bond acceptors (Lipinski definition) is 6. The fourth-order valence-corrected chi connectivity index (χ4v) is 3.94. The second-order valence-electron chi connectivity index (χ2n) is 6.64. The smallest absolute Gasteiger partial charge is 0.344 e. The van der Waals surface area contributed by atoms with Gasteiger partial charge in [0.25, 0.3) is 0 Å². The maximum Gasteiger partial charge on any atom is 0.344 e. The molecule has 31 heavy (non-hydrogen) atoms. The number of benzene rings is 2. The van der Waals surface area contributed by atoms with Crippen molar-refractivity contribution in [1.82, 2.24) is 4.31 Å². The van der Waals surface area contributed by atoms with E-state index >= 15 is 0 Å². The summed E-state index contributed by atoms with van der Waals surface area (Å²) >= 11 is 0. The molecule has 0 radical (unpaired) electrons. The van der Waals surface area contributed by atoms with E-state index in [2.05, 4.69) is 4.40 Å². The molecule has 0 bridgehead atoms. The molecule has 0 atom stereocenters. The van der Waals surface area contributed by atoms with E-state index < -0.39 is 22.0 Å². The topological polar surface area (TPSA) is 94.5 Å². The minimum atomic E-state index is -3.99. The van der Waals surface area contributed by atoms with Crippen LogP contribution < -0.4 is 9.47 Å². The third-order valence-electron chi connectivity index (χ3n) is 4.52. The van der Waals surface area contributed by atoms with Crippen LogP contribution in [0.4, 0.5) is 4.39 Å². The molecule has 0 fully saturated rings. The largest absolute Gasteiger partial charge is 0.497 e. The van der Waals surface area contributed by atoms with Gasteiger partial charge in [-0.15, -0.1) is 4.40 Å². The molecule has 8 nitrogen and oxygen atoms in total. The molecular weight excluding hydrogens is 427 g/mol. The first-order chi connectivity index (χ1) is 14.7. The summed E-state index contributed by atoms with van der Waals surface area (Å²) in [6.07, 6.45) is 1.19. The van der Waals surface area contributed by atoms with Gasteiger partial charge in [-0.2, -0.15) is 8.42 Å². The zero-order chi connectivity index (χ0) is 22.6. The number of carbonyl (C=O) groups excluding carboxylic acids is 1. The van der Waals surface area contributed by atoms with Gasteiger partial charge in [0.1, 0.15) is 12.4 Å². The van der Waals surface area contributed by atoms with Crippen molar-refractivity contribution in [3.63, 3.8) is 0 Å². The van der Waals surface area contributed by atoms with E-state index in [9.17, 15) is 17.6 Å². The van der Waals surface area contributed by atoms with Crippen LogP contribution in [0.3, 0.4) is 0 Å². The molecule has 0 saturated carbocycles. The standard InChI is InChI=1S/C21H21FN2O6S/c1-14-18(21(25)30-13-16-6-9-20(29-3)19(22)10-16)12-24(31(26,27)23-14)11-15-4-7-17(28-2)8-5-15/h4-10,12H,11,13H2,1-3H3. The van der Waals surface area contributed by atoms with Crippen molar-refractivity contribution in [2.75, 3.05) is 14.2 Å². The Balaban J connectivity index is 1.75. The molecule has 0 spiro atoms. The normalized spacial score (nSPS) is 15.0. The van der Waals surface area contributed by atoms with Gasteiger partial charge < -0.3 is 14.2 Å². The van der Waals surface area contributed by atoms with Crippen LogP contribution in [0, 0.1) is 5.82 Å². The van der Waals surface area contributed by atoms with Gasteiger partial charge in [-0.3, -0.25) is 4.31 Å². The maximum atomic E-state index is 13.8. The fourth-order valence-electron chi connectivity index (χ4n) is 2.84. The number of carbonyl (C=O) groups is 1. The average molecular weight is 448 g/mol. The molecule has 1 aliphatic heterocycles. The molecule has 0 unspecified atom stereocenters. The van der Waals surface area contributed by atoms with Crippen molar-refractivity contribution in [1.29, 1.82) is 0 Å². The predicted molar refractivity (Wildman–Crippen MR) is 111 cm³/mol. The lowest BCUT2D eigenvalue weighted by atomic mass is 10.2. The summed E-state index contributed by atoms with van der Waals surface area (Å²) in [6, 6.07) is 11.0. The number of rotatable bonds is 7. The molecule has 2 aromatic carbocycles. The number of esters is 1. The van der Waals surface area contributed by atoms with Crippen LogP contribution in [0.5, 0.6) is 11.5 Å².